The topological polar surface area (TPSA) is 0 Å². The van der Waals surface area contributed by atoms with E-state index in [2.05, 4.69) is 13.8 Å². The smallest absolute Gasteiger partial charge is 0.0352 e. The van der Waals surface area contributed by atoms with Crippen molar-refractivity contribution in [3.63, 3.8) is 0 Å². The van der Waals surface area contributed by atoms with Gasteiger partial charge in [-0.15, -0.1) is 0 Å². The summed E-state index contributed by atoms with van der Waals surface area (Å²) in [7, 11) is 0. The molecule has 5 aliphatic carbocycles. The molecule has 6 atom stereocenters. The lowest BCUT2D eigenvalue weighted by molar-refractivity contribution is 0.00184. The second-order valence-corrected chi connectivity index (χ2v) is 5.75. The summed E-state index contributed by atoms with van der Waals surface area (Å²) in [5, 5.41) is 0. The Hall–Kier alpha value is 0. The van der Waals surface area contributed by atoms with Crippen molar-refractivity contribution < 1.29 is 0 Å². The van der Waals surface area contributed by atoms with Crippen LogP contribution in [0.3, 0.4) is 0 Å². The molecule has 0 aromatic heterocycles. The highest BCUT2D eigenvalue weighted by Gasteiger charge is 2.52. The summed E-state index contributed by atoms with van der Waals surface area (Å²) in [6.45, 7) is 5.00. The van der Waals surface area contributed by atoms with Gasteiger partial charge in [0.05, 0.1) is 0 Å². The summed E-state index contributed by atoms with van der Waals surface area (Å²) in [5.74, 6) is 6.69. The maximum absolute atomic E-state index is 2.50. The van der Waals surface area contributed by atoms with Crippen LogP contribution in [0.2, 0.25) is 0 Å². The van der Waals surface area contributed by atoms with Gasteiger partial charge in [-0.2, -0.15) is 0 Å². The van der Waals surface area contributed by atoms with E-state index >= 15 is 0 Å². The second kappa shape index (κ2) is 2.27. The van der Waals surface area contributed by atoms with E-state index in [1.165, 1.54) is 5.92 Å². The minimum Gasteiger partial charge on any atom is -0.0622 e. The summed E-state index contributed by atoms with van der Waals surface area (Å²) in [6, 6.07) is 0. The van der Waals surface area contributed by atoms with Gasteiger partial charge in [0.15, 0.2) is 0 Å². The third-order valence-corrected chi connectivity index (χ3v) is 5.19. The predicted molar refractivity (Wildman–Crippen MR) is 50.8 cm³/mol. The van der Waals surface area contributed by atoms with Crippen LogP contribution in [0.25, 0.3) is 0 Å². The van der Waals surface area contributed by atoms with E-state index in [0.29, 0.717) is 0 Å². The van der Waals surface area contributed by atoms with Crippen molar-refractivity contribution in [3.05, 3.63) is 0 Å². The van der Waals surface area contributed by atoms with Gasteiger partial charge in [-0.1, -0.05) is 13.8 Å². The highest BCUT2D eigenvalue weighted by atomic mass is 14.6. The van der Waals surface area contributed by atoms with Crippen molar-refractivity contribution in [2.75, 3.05) is 0 Å². The first kappa shape index (κ1) is 7.41. The molecule has 6 unspecified atom stereocenters. The monoisotopic (exact) mass is 164 g/mol. The quantitative estimate of drug-likeness (QED) is 0.515. The van der Waals surface area contributed by atoms with Crippen LogP contribution in [0.15, 0.2) is 0 Å². The highest BCUT2D eigenvalue weighted by molar-refractivity contribution is 5.01. The average molecular weight is 164 g/mol. The molecule has 5 fully saturated rings. The van der Waals surface area contributed by atoms with E-state index in [4.69, 9.17) is 0 Å². The Morgan fingerprint density at radius 2 is 1.50 bits per heavy atom. The van der Waals surface area contributed by atoms with Gasteiger partial charge < -0.3 is 0 Å². The van der Waals surface area contributed by atoms with Crippen molar-refractivity contribution in [2.45, 2.75) is 39.5 Å². The van der Waals surface area contributed by atoms with Crippen molar-refractivity contribution in [1.82, 2.24) is 0 Å². The zero-order valence-corrected chi connectivity index (χ0v) is 8.29. The molecule has 4 bridgehead atoms. The lowest BCUT2D eigenvalue weighted by Gasteiger charge is -2.49. The maximum Gasteiger partial charge on any atom is -0.0352 e. The summed E-state index contributed by atoms with van der Waals surface area (Å²) in [5.41, 5.74) is 0. The van der Waals surface area contributed by atoms with Gasteiger partial charge >= 0.3 is 0 Å². The normalized spacial score (nSPS) is 62.5. The van der Waals surface area contributed by atoms with E-state index in [1.54, 1.807) is 25.7 Å². The molecule has 0 heteroatoms. The maximum atomic E-state index is 2.50. The molecule has 0 N–H and O–H groups in total. The Morgan fingerprint density at radius 1 is 0.667 bits per heavy atom. The van der Waals surface area contributed by atoms with E-state index in [-0.39, 0.29) is 0 Å². The van der Waals surface area contributed by atoms with Gasteiger partial charge in [0, 0.05) is 0 Å². The lowest BCUT2D eigenvalue weighted by atomic mass is 9.56. The van der Waals surface area contributed by atoms with Crippen LogP contribution in [-0.2, 0) is 0 Å². The molecule has 5 rings (SSSR count). The number of fused-ring (bicyclic) bond motifs is 1. The zero-order chi connectivity index (χ0) is 8.29. The van der Waals surface area contributed by atoms with Crippen LogP contribution in [-0.4, -0.2) is 0 Å². The molecule has 12 heavy (non-hydrogen) atoms. The molecule has 0 aromatic carbocycles. The fourth-order valence-electron chi connectivity index (χ4n) is 4.37. The first-order chi connectivity index (χ1) is 5.75. The van der Waals surface area contributed by atoms with E-state index in [9.17, 15) is 0 Å². The Labute approximate surface area is 75.7 Å². The first-order valence-electron chi connectivity index (χ1n) is 5.75. The van der Waals surface area contributed by atoms with Crippen molar-refractivity contribution in [3.8, 4) is 0 Å². The molecule has 5 aliphatic rings. The van der Waals surface area contributed by atoms with Crippen LogP contribution in [0, 0.1) is 35.5 Å². The van der Waals surface area contributed by atoms with E-state index in [1.807, 2.05) is 0 Å². The van der Waals surface area contributed by atoms with Crippen LogP contribution < -0.4 is 0 Å². The fourth-order valence-corrected chi connectivity index (χ4v) is 4.37. The minimum absolute atomic E-state index is 1.05. The van der Waals surface area contributed by atoms with Gasteiger partial charge in [0.1, 0.15) is 0 Å². The Balaban J connectivity index is 1.91. The molecule has 0 spiro atoms. The zero-order valence-electron chi connectivity index (χ0n) is 8.29. The third-order valence-electron chi connectivity index (χ3n) is 5.19. The van der Waals surface area contributed by atoms with Crippen molar-refractivity contribution >= 4 is 0 Å². The summed E-state index contributed by atoms with van der Waals surface area (Å²) in [6.07, 6.45) is 6.31. The van der Waals surface area contributed by atoms with Crippen LogP contribution >= 0.6 is 0 Å². The molecule has 0 heterocycles. The molecule has 0 saturated heterocycles. The molecule has 0 amide bonds. The lowest BCUT2D eigenvalue weighted by Crippen LogP contribution is -2.41. The fraction of sp³-hybridized carbons (Fsp3) is 1.00. The highest BCUT2D eigenvalue weighted by Crippen LogP contribution is 2.60. The summed E-state index contributed by atoms with van der Waals surface area (Å²) < 4.78 is 0. The van der Waals surface area contributed by atoms with Crippen molar-refractivity contribution in [2.24, 2.45) is 35.5 Å². The molecular weight excluding hydrogens is 144 g/mol. The van der Waals surface area contributed by atoms with Crippen LogP contribution in [0.4, 0.5) is 0 Å². The predicted octanol–water partition coefficient (Wildman–Crippen LogP) is 3.32. The SMILES string of the molecule is CC1CC2C3CC1CC(C)C2C3. The molecule has 0 aliphatic heterocycles. The molecule has 0 radical (unpaired) electrons. The number of rotatable bonds is 0. The standard InChI is InChI=1S/C12H20/c1-7-4-12-10-5-9(7)3-8(2)11(12)6-10/h7-12H,3-6H2,1-2H3. The second-order valence-electron chi connectivity index (χ2n) is 5.75. The Bertz CT molecular complexity index is 190. The number of hydrogen-bond acceptors (Lipinski definition) is 0. The van der Waals surface area contributed by atoms with Gasteiger partial charge in [0.25, 0.3) is 0 Å². The molecule has 0 aromatic rings. The molecule has 68 valence electrons. The third kappa shape index (κ3) is 0.791. The van der Waals surface area contributed by atoms with Gasteiger partial charge in [0.2, 0.25) is 0 Å². The summed E-state index contributed by atoms with van der Waals surface area (Å²) >= 11 is 0. The van der Waals surface area contributed by atoms with Gasteiger partial charge in [-0.3, -0.25) is 0 Å². The van der Waals surface area contributed by atoms with Crippen LogP contribution in [0.5, 0.6) is 0 Å². The van der Waals surface area contributed by atoms with Gasteiger partial charge in [-0.05, 0) is 61.2 Å². The van der Waals surface area contributed by atoms with Crippen LogP contribution in [0.1, 0.15) is 39.5 Å². The Kier molecular flexibility index (Phi) is 1.40. The largest absolute Gasteiger partial charge is 0.0622 e. The van der Waals surface area contributed by atoms with E-state index < -0.39 is 0 Å². The molecular formula is C12H20. The van der Waals surface area contributed by atoms with Gasteiger partial charge in [-0.25, -0.2) is 0 Å². The Morgan fingerprint density at radius 3 is 2.33 bits per heavy atom. The minimum atomic E-state index is 1.05. The van der Waals surface area contributed by atoms with E-state index in [0.717, 1.165) is 29.6 Å². The molecule has 5 saturated carbocycles. The summed E-state index contributed by atoms with van der Waals surface area (Å²) in [4.78, 5) is 0. The molecule has 0 nitrogen and oxygen atoms in total. The first-order valence-corrected chi connectivity index (χ1v) is 5.75. The number of hydrogen-bond donors (Lipinski definition) is 0. The average Bonchev–Trinajstić information content (AvgIpc) is 2.27. The van der Waals surface area contributed by atoms with Crippen molar-refractivity contribution in [1.29, 1.82) is 0 Å².